The Kier molecular flexibility index (Phi) is 5.04. The maximum Gasteiger partial charge on any atom is 0.128 e. The van der Waals surface area contributed by atoms with Crippen molar-refractivity contribution in [1.82, 2.24) is 0 Å². The Morgan fingerprint density at radius 1 is 1.26 bits per heavy atom. The van der Waals surface area contributed by atoms with Gasteiger partial charge in [0, 0.05) is 14.9 Å². The molecule has 4 heteroatoms. The van der Waals surface area contributed by atoms with Gasteiger partial charge in [-0.25, -0.2) is 4.39 Å². The van der Waals surface area contributed by atoms with Gasteiger partial charge in [0.2, 0.25) is 0 Å². The molecule has 0 aliphatic carbocycles. The van der Waals surface area contributed by atoms with Crippen molar-refractivity contribution in [3.63, 3.8) is 0 Å². The quantitative estimate of drug-likeness (QED) is 0.419. The smallest absolute Gasteiger partial charge is 0.128 e. The first-order chi connectivity index (χ1) is 8.99. The molecule has 1 unspecified atom stereocenters. The van der Waals surface area contributed by atoms with Crippen LogP contribution in [0.25, 0.3) is 0 Å². The molecule has 0 amide bonds. The molecule has 0 radical (unpaired) electrons. The second kappa shape index (κ2) is 6.38. The lowest BCUT2D eigenvalue weighted by atomic mass is 10.0. The van der Waals surface area contributed by atoms with Gasteiger partial charge in [-0.1, -0.05) is 51.8 Å². The summed E-state index contributed by atoms with van der Waals surface area (Å²) in [6.45, 7) is 2.06. The predicted molar refractivity (Wildman–Crippen MR) is 85.7 cm³/mol. The minimum atomic E-state index is -0.258. The van der Waals surface area contributed by atoms with Crippen LogP contribution in [-0.4, -0.2) is 0 Å². The first-order valence-corrected chi connectivity index (χ1v) is 7.90. The normalized spacial score (nSPS) is 12.5. The Hall–Kier alpha value is -0.380. The second-order valence-electron chi connectivity index (χ2n) is 4.39. The summed E-state index contributed by atoms with van der Waals surface area (Å²) >= 11 is 12.8. The summed E-state index contributed by atoms with van der Waals surface area (Å²) in [5.74, 6) is -0.258. The van der Waals surface area contributed by atoms with Gasteiger partial charge < -0.3 is 0 Å². The van der Waals surface area contributed by atoms with E-state index in [2.05, 4.69) is 50.9 Å². The third-order valence-corrected chi connectivity index (χ3v) is 5.05. The summed E-state index contributed by atoms with van der Waals surface area (Å²) in [5, 5.41) is 0.519. The summed E-state index contributed by atoms with van der Waals surface area (Å²) in [4.78, 5) is -0.0980. The number of hydrogen-bond donors (Lipinski definition) is 0. The Balaban J connectivity index is 2.28. The van der Waals surface area contributed by atoms with Gasteiger partial charge in [0.05, 0.1) is 5.02 Å². The van der Waals surface area contributed by atoms with Gasteiger partial charge in [0.1, 0.15) is 5.82 Å². The minimum Gasteiger partial charge on any atom is -0.207 e. The van der Waals surface area contributed by atoms with Gasteiger partial charge in [0.15, 0.2) is 0 Å². The molecule has 0 bridgehead atoms. The molecule has 0 saturated carbocycles. The number of halogens is 4. The number of alkyl halides is 1. The maximum atomic E-state index is 14.0. The van der Waals surface area contributed by atoms with E-state index in [1.807, 2.05) is 12.1 Å². The molecule has 19 heavy (non-hydrogen) atoms. The molecule has 2 aromatic carbocycles. The van der Waals surface area contributed by atoms with Crippen molar-refractivity contribution < 1.29 is 4.39 Å². The van der Waals surface area contributed by atoms with Crippen LogP contribution in [0.2, 0.25) is 5.02 Å². The monoisotopic (exact) mass is 404 g/mol. The van der Waals surface area contributed by atoms with Crippen LogP contribution in [0, 0.1) is 12.7 Å². The van der Waals surface area contributed by atoms with Crippen LogP contribution in [0.1, 0.15) is 21.5 Å². The zero-order chi connectivity index (χ0) is 14.0. The van der Waals surface area contributed by atoms with E-state index < -0.39 is 0 Å². The third kappa shape index (κ3) is 3.59. The third-order valence-electron chi connectivity index (χ3n) is 3.04. The van der Waals surface area contributed by atoms with Crippen LogP contribution < -0.4 is 0 Å². The van der Waals surface area contributed by atoms with Crippen molar-refractivity contribution in [2.45, 2.75) is 18.2 Å². The van der Waals surface area contributed by atoms with Crippen molar-refractivity contribution in [3.05, 3.63) is 68.4 Å². The van der Waals surface area contributed by atoms with Crippen LogP contribution in [0.15, 0.2) is 40.9 Å². The lowest BCUT2D eigenvalue weighted by molar-refractivity contribution is 0.607. The molecule has 0 fully saturated rings. The Labute approximate surface area is 134 Å². The molecule has 2 rings (SSSR count). The van der Waals surface area contributed by atoms with E-state index in [0.717, 1.165) is 6.42 Å². The molecular formula is C15H12Br2ClF. The molecule has 0 aliphatic rings. The summed E-state index contributed by atoms with van der Waals surface area (Å²) in [6.07, 6.45) is 0.724. The highest BCUT2D eigenvalue weighted by molar-refractivity contribution is 9.10. The first-order valence-electron chi connectivity index (χ1n) is 5.82. The van der Waals surface area contributed by atoms with E-state index >= 15 is 0 Å². The number of rotatable bonds is 3. The van der Waals surface area contributed by atoms with Gasteiger partial charge >= 0.3 is 0 Å². The number of hydrogen-bond acceptors (Lipinski definition) is 0. The van der Waals surface area contributed by atoms with Crippen molar-refractivity contribution in [2.24, 2.45) is 0 Å². The van der Waals surface area contributed by atoms with E-state index in [9.17, 15) is 4.39 Å². The average molecular weight is 407 g/mol. The molecule has 0 saturated heterocycles. The highest BCUT2D eigenvalue weighted by atomic mass is 79.9. The molecule has 0 N–H and O–H groups in total. The maximum absolute atomic E-state index is 14.0. The fraction of sp³-hybridized carbons (Fsp3) is 0.200. The van der Waals surface area contributed by atoms with E-state index in [0.29, 0.717) is 15.1 Å². The molecule has 0 spiro atoms. The minimum absolute atomic E-state index is 0.0980. The van der Waals surface area contributed by atoms with Gasteiger partial charge in [0.25, 0.3) is 0 Å². The molecule has 0 aliphatic heterocycles. The van der Waals surface area contributed by atoms with Crippen LogP contribution in [-0.2, 0) is 6.42 Å². The summed E-state index contributed by atoms with van der Waals surface area (Å²) in [5.41, 5.74) is 2.98. The molecule has 0 heterocycles. The van der Waals surface area contributed by atoms with Crippen molar-refractivity contribution in [2.75, 3.05) is 0 Å². The molecule has 0 aromatic heterocycles. The van der Waals surface area contributed by atoms with E-state index in [4.69, 9.17) is 11.6 Å². The number of aryl methyl sites for hydroxylation is 1. The van der Waals surface area contributed by atoms with E-state index in [1.54, 1.807) is 6.07 Å². The molecule has 1 atom stereocenters. The van der Waals surface area contributed by atoms with Crippen LogP contribution in [0.5, 0.6) is 0 Å². The van der Waals surface area contributed by atoms with Crippen molar-refractivity contribution >= 4 is 43.5 Å². The van der Waals surface area contributed by atoms with Crippen LogP contribution in [0.4, 0.5) is 4.39 Å². The average Bonchev–Trinajstić information content (AvgIpc) is 2.36. The van der Waals surface area contributed by atoms with Crippen LogP contribution in [0.3, 0.4) is 0 Å². The number of benzene rings is 2. The zero-order valence-electron chi connectivity index (χ0n) is 10.3. The van der Waals surface area contributed by atoms with Gasteiger partial charge in [-0.15, -0.1) is 0 Å². The summed E-state index contributed by atoms with van der Waals surface area (Å²) in [6, 6.07) is 11.2. The lowest BCUT2D eigenvalue weighted by Gasteiger charge is -2.14. The highest BCUT2D eigenvalue weighted by Gasteiger charge is 2.16. The second-order valence-corrected chi connectivity index (χ2v) is 6.75. The molecular weight excluding hydrogens is 394 g/mol. The van der Waals surface area contributed by atoms with E-state index in [-0.39, 0.29) is 10.6 Å². The fourth-order valence-electron chi connectivity index (χ4n) is 1.92. The van der Waals surface area contributed by atoms with E-state index in [1.165, 1.54) is 17.2 Å². The Morgan fingerprint density at radius 3 is 2.63 bits per heavy atom. The first kappa shape index (κ1) is 15.0. The molecule has 2 aromatic rings. The topological polar surface area (TPSA) is 0 Å². The van der Waals surface area contributed by atoms with Crippen molar-refractivity contribution in [1.29, 1.82) is 0 Å². The SMILES string of the molecule is Cc1ccccc1CC(Br)c1cc(Cl)c(Br)cc1F. The molecule has 0 nitrogen and oxygen atoms in total. The van der Waals surface area contributed by atoms with Gasteiger partial charge in [-0.2, -0.15) is 0 Å². The summed E-state index contributed by atoms with van der Waals surface area (Å²) < 4.78 is 14.5. The predicted octanol–water partition coefficient (Wildman–Crippen LogP) is 6.23. The summed E-state index contributed by atoms with van der Waals surface area (Å²) in [7, 11) is 0. The highest BCUT2D eigenvalue weighted by Crippen LogP contribution is 2.34. The zero-order valence-corrected chi connectivity index (χ0v) is 14.2. The van der Waals surface area contributed by atoms with Gasteiger partial charge in [-0.05, 0) is 52.5 Å². The van der Waals surface area contributed by atoms with Crippen LogP contribution >= 0.6 is 43.5 Å². The Bertz CT molecular complexity index is 599. The lowest BCUT2D eigenvalue weighted by Crippen LogP contribution is -2.00. The largest absolute Gasteiger partial charge is 0.207 e. The fourth-order valence-corrected chi connectivity index (χ4v) is 3.11. The molecule has 100 valence electrons. The van der Waals surface area contributed by atoms with Gasteiger partial charge in [-0.3, -0.25) is 0 Å². The van der Waals surface area contributed by atoms with Crippen molar-refractivity contribution in [3.8, 4) is 0 Å². The Morgan fingerprint density at radius 2 is 1.95 bits per heavy atom. The standard InChI is InChI=1S/C15H12Br2ClF/c1-9-4-2-3-5-10(9)6-12(16)11-7-14(18)13(17)8-15(11)19/h2-5,7-8,12H,6H2,1H3.